The van der Waals surface area contributed by atoms with Gasteiger partial charge in [0, 0.05) is 17.7 Å². The van der Waals surface area contributed by atoms with Crippen molar-refractivity contribution in [2.75, 3.05) is 17.7 Å². The second-order valence-corrected chi connectivity index (χ2v) is 8.96. The number of para-hydroxylation sites is 1. The number of fused-ring (bicyclic) bond motifs is 3. The van der Waals surface area contributed by atoms with E-state index in [1.54, 1.807) is 17.6 Å². The van der Waals surface area contributed by atoms with E-state index in [9.17, 15) is 14.0 Å². The lowest BCUT2D eigenvalue weighted by atomic mass is 10.2. The Labute approximate surface area is 192 Å². The summed E-state index contributed by atoms with van der Waals surface area (Å²) in [6.45, 7) is 2.74. The van der Waals surface area contributed by atoms with Gasteiger partial charge in [0.05, 0.1) is 18.4 Å². The highest BCUT2D eigenvalue weighted by Crippen LogP contribution is 2.28. The average molecular weight is 468 g/mol. The molecule has 1 aliphatic heterocycles. The smallest absolute Gasteiger partial charge is 0.297 e. The van der Waals surface area contributed by atoms with Gasteiger partial charge in [0.2, 0.25) is 11.5 Å². The number of aromatic nitrogens is 2. The molecule has 1 fully saturated rings. The highest BCUT2D eigenvalue weighted by molar-refractivity contribution is 7.99. The fraction of sp³-hybridized carbons (Fsp3) is 0.292. The van der Waals surface area contributed by atoms with Crippen molar-refractivity contribution in [1.29, 1.82) is 0 Å². The molecule has 0 unspecified atom stereocenters. The summed E-state index contributed by atoms with van der Waals surface area (Å²) < 4.78 is 26.4. The summed E-state index contributed by atoms with van der Waals surface area (Å²) in [6, 6.07) is 11.6. The number of anilines is 1. The molecule has 0 saturated carbocycles. The number of thioether (sulfide) groups is 1. The van der Waals surface area contributed by atoms with E-state index in [-0.39, 0.29) is 34.7 Å². The van der Waals surface area contributed by atoms with Crippen LogP contribution in [0.15, 0.2) is 56.8 Å². The molecule has 7 nitrogen and oxygen atoms in total. The molecule has 1 amide bonds. The molecule has 0 radical (unpaired) electrons. The summed E-state index contributed by atoms with van der Waals surface area (Å²) in [5.41, 5.74) is 2.16. The number of carbonyl (C=O) groups excluding carboxylic acids is 1. The third-order valence-corrected chi connectivity index (χ3v) is 6.63. The van der Waals surface area contributed by atoms with E-state index < -0.39 is 0 Å². The predicted molar refractivity (Wildman–Crippen MR) is 125 cm³/mol. The van der Waals surface area contributed by atoms with Crippen molar-refractivity contribution in [3.05, 3.63) is 64.2 Å². The van der Waals surface area contributed by atoms with Crippen LogP contribution in [0.1, 0.15) is 18.4 Å². The van der Waals surface area contributed by atoms with Crippen molar-refractivity contribution >= 4 is 45.4 Å². The van der Waals surface area contributed by atoms with Crippen LogP contribution in [0, 0.1) is 12.7 Å². The molecule has 0 aliphatic carbocycles. The Balaban J connectivity index is 1.46. The number of hydrogen-bond donors (Lipinski definition) is 1. The van der Waals surface area contributed by atoms with Gasteiger partial charge in [-0.25, -0.2) is 9.37 Å². The van der Waals surface area contributed by atoms with Crippen molar-refractivity contribution in [3.63, 3.8) is 0 Å². The second kappa shape index (κ2) is 8.99. The molecule has 1 aliphatic rings. The van der Waals surface area contributed by atoms with Gasteiger partial charge >= 0.3 is 0 Å². The van der Waals surface area contributed by atoms with Crippen molar-refractivity contribution < 1.29 is 18.3 Å². The monoisotopic (exact) mass is 467 g/mol. The molecule has 9 heteroatoms. The van der Waals surface area contributed by atoms with E-state index in [1.165, 1.54) is 30.0 Å². The van der Waals surface area contributed by atoms with Crippen LogP contribution in [0.25, 0.3) is 22.1 Å². The minimum Gasteiger partial charge on any atom is -0.448 e. The summed E-state index contributed by atoms with van der Waals surface area (Å²) in [7, 11) is 0. The number of halogens is 1. The molecule has 0 spiro atoms. The molecule has 1 atom stereocenters. The Morgan fingerprint density at radius 3 is 2.94 bits per heavy atom. The van der Waals surface area contributed by atoms with Crippen molar-refractivity contribution in [2.45, 2.75) is 37.6 Å². The number of furan rings is 1. The summed E-state index contributed by atoms with van der Waals surface area (Å²) in [6.07, 6.45) is 1.72. The van der Waals surface area contributed by atoms with Crippen LogP contribution < -0.4 is 10.9 Å². The van der Waals surface area contributed by atoms with Crippen LogP contribution in [-0.4, -0.2) is 33.9 Å². The Morgan fingerprint density at radius 2 is 2.15 bits per heavy atom. The molecular weight excluding hydrogens is 445 g/mol. The summed E-state index contributed by atoms with van der Waals surface area (Å²) in [5, 5.41) is 3.97. The lowest BCUT2D eigenvalue weighted by Crippen LogP contribution is -2.29. The van der Waals surface area contributed by atoms with Crippen LogP contribution >= 0.6 is 11.8 Å². The van der Waals surface area contributed by atoms with E-state index in [1.807, 2.05) is 18.2 Å². The van der Waals surface area contributed by atoms with Gasteiger partial charge in [-0.3, -0.25) is 14.2 Å². The minimum absolute atomic E-state index is 0.0378. The Kier molecular flexibility index (Phi) is 5.90. The van der Waals surface area contributed by atoms with Gasteiger partial charge in [-0.15, -0.1) is 0 Å². The largest absolute Gasteiger partial charge is 0.448 e. The number of ether oxygens (including phenoxy) is 1. The highest BCUT2D eigenvalue weighted by Gasteiger charge is 2.23. The first-order chi connectivity index (χ1) is 16.0. The van der Waals surface area contributed by atoms with E-state index in [2.05, 4.69) is 5.32 Å². The number of nitrogens with one attached hydrogen (secondary N) is 1. The zero-order valence-corrected chi connectivity index (χ0v) is 18.8. The molecule has 5 rings (SSSR count). The number of carbonyl (C=O) groups is 1. The van der Waals surface area contributed by atoms with Gasteiger partial charge < -0.3 is 14.5 Å². The number of hydrogen-bond acceptors (Lipinski definition) is 6. The van der Waals surface area contributed by atoms with Gasteiger partial charge in [0.15, 0.2) is 5.16 Å². The molecular formula is C24H22FN3O4S. The van der Waals surface area contributed by atoms with Crippen LogP contribution in [0.5, 0.6) is 0 Å². The first-order valence-electron chi connectivity index (χ1n) is 10.7. The third kappa shape index (κ3) is 4.38. The number of rotatable bonds is 6. The molecule has 3 heterocycles. The van der Waals surface area contributed by atoms with Crippen LogP contribution in [0.4, 0.5) is 10.1 Å². The lowest BCUT2D eigenvalue weighted by Gasteiger charge is -2.15. The highest BCUT2D eigenvalue weighted by atomic mass is 32.2. The average Bonchev–Trinajstić information content (AvgIpc) is 3.44. The zero-order valence-electron chi connectivity index (χ0n) is 18.0. The Hall–Kier alpha value is -3.17. The summed E-state index contributed by atoms with van der Waals surface area (Å²) >= 11 is 1.18. The molecule has 0 bridgehead atoms. The topological polar surface area (TPSA) is 86.4 Å². The third-order valence-electron chi connectivity index (χ3n) is 5.65. The van der Waals surface area contributed by atoms with Gasteiger partial charge in [-0.1, -0.05) is 23.9 Å². The number of amides is 1. The summed E-state index contributed by atoms with van der Waals surface area (Å²) in [5.74, 6) is -0.594. The first-order valence-corrected chi connectivity index (χ1v) is 11.7. The molecule has 1 saturated heterocycles. The standard InChI is InChI=1S/C24H22FN3O4S/c1-14-11-15(25)8-9-18(14)26-20(29)13-33-24-27-21-17-6-2-3-7-19(17)32-22(21)23(30)28(24)12-16-5-4-10-31-16/h2-3,6-9,11,16H,4-5,10,12-13H2,1H3,(H,26,29)/t16-/m0/s1. The number of aryl methyl sites for hydroxylation is 1. The van der Waals surface area contributed by atoms with E-state index >= 15 is 0 Å². The van der Waals surface area contributed by atoms with Crippen LogP contribution in [0.2, 0.25) is 0 Å². The Bertz CT molecular complexity index is 1410. The molecule has 33 heavy (non-hydrogen) atoms. The van der Waals surface area contributed by atoms with Crippen molar-refractivity contribution in [1.82, 2.24) is 9.55 Å². The molecule has 2 aromatic carbocycles. The maximum atomic E-state index is 13.3. The van der Waals surface area contributed by atoms with Gasteiger partial charge in [0.1, 0.15) is 16.9 Å². The molecule has 4 aromatic rings. The van der Waals surface area contributed by atoms with Gasteiger partial charge in [-0.05, 0) is 55.7 Å². The fourth-order valence-corrected chi connectivity index (χ4v) is 4.80. The Morgan fingerprint density at radius 1 is 1.30 bits per heavy atom. The predicted octanol–water partition coefficient (Wildman–Crippen LogP) is 4.50. The number of nitrogens with zero attached hydrogens (tertiary/aromatic N) is 2. The van der Waals surface area contributed by atoms with Crippen LogP contribution in [0.3, 0.4) is 0 Å². The maximum Gasteiger partial charge on any atom is 0.297 e. The van der Waals surface area contributed by atoms with Gasteiger partial charge in [-0.2, -0.15) is 0 Å². The molecule has 170 valence electrons. The minimum atomic E-state index is -0.358. The van der Waals surface area contributed by atoms with E-state index in [0.717, 1.165) is 18.2 Å². The zero-order chi connectivity index (χ0) is 22.9. The molecule has 2 aromatic heterocycles. The van der Waals surface area contributed by atoms with Gasteiger partial charge in [0.25, 0.3) is 5.56 Å². The second-order valence-electron chi connectivity index (χ2n) is 8.02. The first kappa shape index (κ1) is 21.7. The normalized spacial score (nSPS) is 16.0. The summed E-state index contributed by atoms with van der Waals surface area (Å²) in [4.78, 5) is 30.7. The van der Waals surface area contributed by atoms with Crippen LogP contribution in [-0.2, 0) is 16.1 Å². The maximum absolute atomic E-state index is 13.3. The lowest BCUT2D eigenvalue weighted by molar-refractivity contribution is -0.113. The molecule has 1 N–H and O–H groups in total. The quantitative estimate of drug-likeness (QED) is 0.332. The van der Waals surface area contributed by atoms with E-state index in [4.69, 9.17) is 14.1 Å². The fourth-order valence-electron chi connectivity index (χ4n) is 4.00. The van der Waals surface area contributed by atoms with Crippen molar-refractivity contribution in [2.24, 2.45) is 0 Å². The van der Waals surface area contributed by atoms with Crippen molar-refractivity contribution in [3.8, 4) is 0 Å². The SMILES string of the molecule is Cc1cc(F)ccc1NC(=O)CSc1nc2c(oc3ccccc32)c(=O)n1C[C@@H]1CCCO1. The van der Waals surface area contributed by atoms with E-state index in [0.29, 0.717) is 40.7 Å². The number of benzene rings is 2.